The number of rotatable bonds is 2. The molecule has 118 valence electrons. The molecule has 1 aliphatic heterocycles. The molecule has 0 spiro atoms. The highest BCUT2D eigenvalue weighted by Gasteiger charge is 2.57. The maximum atomic E-state index is 14.0. The maximum Gasteiger partial charge on any atom is 0.320 e. The van der Waals surface area contributed by atoms with Gasteiger partial charge in [-0.1, -0.05) is 0 Å². The first-order valence-corrected chi connectivity index (χ1v) is 7.09. The van der Waals surface area contributed by atoms with E-state index in [1.807, 2.05) is 0 Å². The summed E-state index contributed by atoms with van der Waals surface area (Å²) in [5.74, 6) is -1.19. The van der Waals surface area contributed by atoms with Gasteiger partial charge in [-0.15, -0.1) is 0 Å². The van der Waals surface area contributed by atoms with Crippen molar-refractivity contribution in [3.05, 3.63) is 47.9 Å². The van der Waals surface area contributed by atoms with Crippen molar-refractivity contribution in [2.75, 3.05) is 11.9 Å². The van der Waals surface area contributed by atoms with Crippen LogP contribution in [0.25, 0.3) is 0 Å². The molecule has 2 amide bonds. The number of nitrogens with one attached hydrogen (secondary N) is 2. The van der Waals surface area contributed by atoms with Crippen LogP contribution < -0.4 is 15.4 Å². The van der Waals surface area contributed by atoms with E-state index in [0.717, 1.165) is 12.1 Å². The molecule has 1 fully saturated rings. The molecule has 1 aliphatic carbocycles. The molecule has 8 heteroatoms. The Labute approximate surface area is 129 Å². The number of urea groups is 1. The lowest BCUT2D eigenvalue weighted by Gasteiger charge is -2.16. The van der Waals surface area contributed by atoms with Crippen LogP contribution in [-0.2, 0) is 0 Å². The molecule has 1 aromatic carbocycles. The van der Waals surface area contributed by atoms with Crippen LogP contribution in [0.3, 0.4) is 0 Å². The smallest absolute Gasteiger partial charge is 0.320 e. The Hall–Kier alpha value is -2.77. The van der Waals surface area contributed by atoms with E-state index in [2.05, 4.69) is 20.6 Å². The third-order valence-corrected chi connectivity index (χ3v) is 4.12. The number of carbonyl (C=O) groups is 1. The Bertz CT molecular complexity index is 772. The Morgan fingerprint density at radius 2 is 2.09 bits per heavy atom. The molecule has 6 nitrogen and oxygen atoms in total. The van der Waals surface area contributed by atoms with Crippen LogP contribution in [0.15, 0.2) is 30.7 Å². The molecule has 0 saturated heterocycles. The molecule has 0 radical (unpaired) electrons. The Balaban J connectivity index is 1.49. The molecule has 3 atom stereocenters. The van der Waals surface area contributed by atoms with Gasteiger partial charge in [0.05, 0.1) is 12.8 Å². The fraction of sp³-hybridized carbons (Fsp3) is 0.267. The highest BCUT2D eigenvalue weighted by Crippen LogP contribution is 2.55. The van der Waals surface area contributed by atoms with Crippen LogP contribution in [0.5, 0.6) is 5.75 Å². The van der Waals surface area contributed by atoms with Gasteiger partial charge < -0.3 is 10.1 Å². The molecule has 1 aromatic heterocycles. The summed E-state index contributed by atoms with van der Waals surface area (Å²) in [6, 6.07) is 1.35. The van der Waals surface area contributed by atoms with Crippen molar-refractivity contribution in [1.29, 1.82) is 0 Å². The highest BCUT2D eigenvalue weighted by atomic mass is 19.1. The fourth-order valence-electron chi connectivity index (χ4n) is 3.02. The molecule has 4 rings (SSSR count). The van der Waals surface area contributed by atoms with Crippen LogP contribution in [0, 0.1) is 17.6 Å². The minimum Gasteiger partial charge on any atom is -0.490 e. The molecular formula is C15H12F2N4O2. The van der Waals surface area contributed by atoms with E-state index in [1.165, 1.54) is 18.6 Å². The third kappa shape index (κ3) is 2.36. The first-order chi connectivity index (χ1) is 11.1. The van der Waals surface area contributed by atoms with E-state index >= 15 is 0 Å². The van der Waals surface area contributed by atoms with Crippen molar-refractivity contribution < 1.29 is 18.3 Å². The second kappa shape index (κ2) is 5.15. The van der Waals surface area contributed by atoms with Gasteiger partial charge in [0.2, 0.25) is 0 Å². The summed E-state index contributed by atoms with van der Waals surface area (Å²) in [4.78, 5) is 19.7. The number of nitrogens with zero attached hydrogens (tertiary/aromatic N) is 2. The zero-order valence-electron chi connectivity index (χ0n) is 11.8. The monoisotopic (exact) mass is 318 g/mol. The van der Waals surface area contributed by atoms with Crippen molar-refractivity contribution in [3.63, 3.8) is 0 Å². The number of hydrogen-bond donors (Lipinski definition) is 2. The lowest BCUT2D eigenvalue weighted by molar-refractivity contribution is 0.247. The molecule has 2 aliphatic rings. The molecule has 0 unspecified atom stereocenters. The second-order valence-corrected chi connectivity index (χ2v) is 5.49. The number of ether oxygens (including phenoxy) is 1. The molecule has 0 bridgehead atoms. The predicted octanol–water partition coefficient (Wildman–Crippen LogP) is 2.05. The first-order valence-electron chi connectivity index (χ1n) is 7.09. The Morgan fingerprint density at radius 3 is 2.87 bits per heavy atom. The number of hydrogen-bond acceptors (Lipinski definition) is 4. The van der Waals surface area contributed by atoms with Crippen LogP contribution in [0.4, 0.5) is 19.4 Å². The van der Waals surface area contributed by atoms with Gasteiger partial charge in [-0.25, -0.2) is 18.6 Å². The molecule has 23 heavy (non-hydrogen) atoms. The average Bonchev–Trinajstić information content (AvgIpc) is 3.24. The van der Waals surface area contributed by atoms with Crippen molar-refractivity contribution in [2.45, 2.75) is 12.0 Å². The predicted molar refractivity (Wildman–Crippen MR) is 76.1 cm³/mol. The summed E-state index contributed by atoms with van der Waals surface area (Å²) >= 11 is 0. The zero-order valence-corrected chi connectivity index (χ0v) is 11.8. The van der Waals surface area contributed by atoms with Crippen molar-refractivity contribution in [2.24, 2.45) is 5.92 Å². The Kier molecular flexibility index (Phi) is 3.10. The van der Waals surface area contributed by atoms with Crippen LogP contribution in [0.1, 0.15) is 11.5 Å². The quantitative estimate of drug-likeness (QED) is 0.888. The molecule has 2 N–H and O–H groups in total. The normalized spacial score (nSPS) is 24.0. The summed E-state index contributed by atoms with van der Waals surface area (Å²) < 4.78 is 33.0. The Morgan fingerprint density at radius 1 is 1.26 bits per heavy atom. The molecule has 2 aromatic rings. The lowest BCUT2D eigenvalue weighted by atomic mass is 10.0. The van der Waals surface area contributed by atoms with Crippen LogP contribution in [-0.4, -0.2) is 28.6 Å². The van der Waals surface area contributed by atoms with Crippen molar-refractivity contribution >= 4 is 11.8 Å². The van der Waals surface area contributed by atoms with Gasteiger partial charge in [-0.3, -0.25) is 10.3 Å². The van der Waals surface area contributed by atoms with Gasteiger partial charge in [0, 0.05) is 35.8 Å². The summed E-state index contributed by atoms with van der Waals surface area (Å²) in [5.41, 5.74) is 0.200. The standard InChI is InChI=1S/C15H12F2N4O2/c16-8-1-2-9(17)14-12(8)11-7(6-23-14)13(11)21-15(22)20-10-5-18-3-4-19-10/h1-5,7,11,13H,6H2,(H2,19,20,21,22)/t7-,11-,13-/m1/s1. The number of carbonyl (C=O) groups excluding carboxylic acids is 1. The van der Waals surface area contributed by atoms with E-state index in [1.54, 1.807) is 0 Å². The van der Waals surface area contributed by atoms with Gasteiger partial charge in [0.15, 0.2) is 17.4 Å². The van der Waals surface area contributed by atoms with Gasteiger partial charge in [-0.2, -0.15) is 0 Å². The maximum absolute atomic E-state index is 14.0. The summed E-state index contributed by atoms with van der Waals surface area (Å²) in [7, 11) is 0. The third-order valence-electron chi connectivity index (χ3n) is 4.12. The highest BCUT2D eigenvalue weighted by molar-refractivity contribution is 5.88. The van der Waals surface area contributed by atoms with Crippen LogP contribution >= 0.6 is 0 Å². The largest absolute Gasteiger partial charge is 0.490 e. The summed E-state index contributed by atoms with van der Waals surface area (Å²) in [6.45, 7) is 0.244. The fourth-order valence-corrected chi connectivity index (χ4v) is 3.02. The number of amides is 2. The minimum absolute atomic E-state index is 0.0510. The van der Waals surface area contributed by atoms with Gasteiger partial charge in [0.25, 0.3) is 0 Å². The summed E-state index contributed by atoms with van der Waals surface area (Å²) in [5, 5.41) is 5.29. The van der Waals surface area contributed by atoms with Gasteiger partial charge in [-0.05, 0) is 12.1 Å². The van der Waals surface area contributed by atoms with Crippen LogP contribution in [0.2, 0.25) is 0 Å². The number of aromatic nitrogens is 2. The van der Waals surface area contributed by atoms with E-state index in [9.17, 15) is 13.6 Å². The number of benzene rings is 1. The van der Waals surface area contributed by atoms with E-state index < -0.39 is 17.7 Å². The topological polar surface area (TPSA) is 76.1 Å². The van der Waals surface area contributed by atoms with E-state index in [-0.39, 0.29) is 35.8 Å². The molecule has 1 saturated carbocycles. The number of fused-ring (bicyclic) bond motifs is 3. The molecule has 2 heterocycles. The lowest BCUT2D eigenvalue weighted by Crippen LogP contribution is -2.32. The van der Waals surface area contributed by atoms with Crippen molar-refractivity contribution in [1.82, 2.24) is 15.3 Å². The van der Waals surface area contributed by atoms with Crippen molar-refractivity contribution in [3.8, 4) is 5.75 Å². The molecular weight excluding hydrogens is 306 g/mol. The van der Waals surface area contributed by atoms with E-state index in [4.69, 9.17) is 4.74 Å². The number of halogens is 2. The minimum atomic E-state index is -0.588. The SMILES string of the molecule is O=C(Nc1cnccn1)N[C@@H]1[C@@H]2COc3c(F)ccc(F)c3[C@@H]21. The summed E-state index contributed by atoms with van der Waals surface area (Å²) in [6.07, 6.45) is 4.35. The second-order valence-electron chi connectivity index (χ2n) is 5.49. The van der Waals surface area contributed by atoms with Gasteiger partial charge >= 0.3 is 6.03 Å². The van der Waals surface area contributed by atoms with E-state index in [0.29, 0.717) is 5.82 Å². The van der Waals surface area contributed by atoms with Gasteiger partial charge in [0.1, 0.15) is 5.82 Å². The average molecular weight is 318 g/mol. The number of anilines is 1. The zero-order chi connectivity index (χ0) is 16.0. The first kappa shape index (κ1) is 13.9.